The first-order valence-corrected chi connectivity index (χ1v) is 9.60. The van der Waals surface area contributed by atoms with Crippen LogP contribution in [0.15, 0.2) is 47.1 Å². The normalized spacial score (nSPS) is 16.2. The maximum atomic E-state index is 12.7. The Morgan fingerprint density at radius 1 is 1.25 bits per heavy atom. The molecule has 0 bridgehead atoms. The fraction of sp³-hybridized carbons (Fsp3) is 0.263. The molecule has 1 N–H and O–H groups in total. The van der Waals surface area contributed by atoms with Crippen molar-refractivity contribution in [3.05, 3.63) is 48.4 Å². The van der Waals surface area contributed by atoms with Crippen molar-refractivity contribution in [2.24, 2.45) is 0 Å². The quantitative estimate of drug-likeness (QED) is 0.709. The third-order valence-corrected chi connectivity index (χ3v) is 5.43. The number of nitrogens with zero attached hydrogens (tertiary/aromatic N) is 3. The Bertz CT molecular complexity index is 968. The van der Waals surface area contributed by atoms with Crippen LogP contribution in [0, 0.1) is 0 Å². The van der Waals surface area contributed by atoms with Gasteiger partial charge >= 0.3 is 0 Å². The summed E-state index contributed by atoms with van der Waals surface area (Å²) < 4.78 is 10.3. The van der Waals surface area contributed by atoms with Crippen molar-refractivity contribution in [3.63, 3.8) is 0 Å². The van der Waals surface area contributed by atoms with Crippen molar-refractivity contribution in [2.75, 3.05) is 19.0 Å². The number of methoxy groups -OCH3 is 1. The number of aromatic nitrogens is 2. The molecule has 9 heteroatoms. The van der Waals surface area contributed by atoms with E-state index in [0.717, 1.165) is 17.7 Å². The van der Waals surface area contributed by atoms with E-state index in [1.165, 1.54) is 17.6 Å². The second-order valence-corrected chi connectivity index (χ2v) is 7.24. The van der Waals surface area contributed by atoms with Crippen LogP contribution in [0.1, 0.15) is 23.4 Å². The number of ether oxygens (including phenoxy) is 1. The monoisotopic (exact) mass is 398 g/mol. The Morgan fingerprint density at radius 3 is 2.79 bits per heavy atom. The highest BCUT2D eigenvalue weighted by Gasteiger charge is 2.35. The number of carbonyl (C=O) groups excluding carboxylic acids is 2. The van der Waals surface area contributed by atoms with Gasteiger partial charge in [0, 0.05) is 12.1 Å². The number of furan rings is 1. The van der Waals surface area contributed by atoms with Crippen LogP contribution in [0.25, 0.3) is 10.6 Å². The van der Waals surface area contributed by atoms with Gasteiger partial charge in [0.15, 0.2) is 5.76 Å². The third kappa shape index (κ3) is 3.61. The van der Waals surface area contributed by atoms with E-state index in [0.29, 0.717) is 23.1 Å². The van der Waals surface area contributed by atoms with Crippen molar-refractivity contribution < 1.29 is 18.7 Å². The number of benzene rings is 1. The predicted octanol–water partition coefficient (Wildman–Crippen LogP) is 3.05. The van der Waals surface area contributed by atoms with Crippen molar-refractivity contribution in [1.82, 2.24) is 15.1 Å². The maximum Gasteiger partial charge on any atom is 0.290 e. The van der Waals surface area contributed by atoms with Gasteiger partial charge in [-0.15, -0.1) is 10.2 Å². The van der Waals surface area contributed by atoms with Gasteiger partial charge in [-0.1, -0.05) is 11.3 Å². The number of hydrogen-bond donors (Lipinski definition) is 1. The lowest BCUT2D eigenvalue weighted by Crippen LogP contribution is -2.43. The van der Waals surface area contributed by atoms with E-state index in [4.69, 9.17) is 9.15 Å². The van der Waals surface area contributed by atoms with Crippen LogP contribution < -0.4 is 10.1 Å². The summed E-state index contributed by atoms with van der Waals surface area (Å²) in [6.07, 6.45) is 2.81. The Kier molecular flexibility index (Phi) is 5.07. The summed E-state index contributed by atoms with van der Waals surface area (Å²) in [7, 11) is 1.61. The standard InChI is InChI=1S/C19H18N4O4S/c1-26-13-8-6-12(7-9-13)17-21-22-19(28-17)20-16(24)14-4-2-10-23(14)18(25)15-5-3-11-27-15/h3,5-9,11,14H,2,4,10H2,1H3,(H,20,22,24). The number of rotatable bonds is 5. The molecule has 0 saturated carbocycles. The minimum Gasteiger partial charge on any atom is -0.497 e. The van der Waals surface area contributed by atoms with Gasteiger partial charge in [-0.3, -0.25) is 14.9 Å². The zero-order valence-corrected chi connectivity index (χ0v) is 15.9. The first kappa shape index (κ1) is 18.2. The molecule has 0 spiro atoms. The smallest absolute Gasteiger partial charge is 0.290 e. The van der Waals surface area contributed by atoms with E-state index < -0.39 is 6.04 Å². The largest absolute Gasteiger partial charge is 0.497 e. The van der Waals surface area contributed by atoms with Gasteiger partial charge < -0.3 is 14.1 Å². The first-order chi connectivity index (χ1) is 13.7. The number of carbonyl (C=O) groups is 2. The molecule has 3 heterocycles. The highest BCUT2D eigenvalue weighted by molar-refractivity contribution is 7.18. The summed E-state index contributed by atoms with van der Waals surface area (Å²) in [6, 6.07) is 10.1. The molecule has 4 rings (SSSR count). The molecule has 2 amide bonds. The number of amides is 2. The van der Waals surface area contributed by atoms with Gasteiger partial charge in [0.05, 0.1) is 13.4 Å². The second-order valence-electron chi connectivity index (χ2n) is 6.26. The number of anilines is 1. The Morgan fingerprint density at radius 2 is 2.07 bits per heavy atom. The molecule has 1 fully saturated rings. The lowest BCUT2D eigenvalue weighted by atomic mass is 10.2. The molecular weight excluding hydrogens is 380 g/mol. The van der Waals surface area contributed by atoms with Crippen molar-refractivity contribution >= 4 is 28.3 Å². The molecule has 1 aliphatic rings. The zero-order chi connectivity index (χ0) is 19.5. The van der Waals surface area contributed by atoms with Gasteiger partial charge in [-0.25, -0.2) is 0 Å². The molecule has 0 aliphatic carbocycles. The average molecular weight is 398 g/mol. The van der Waals surface area contributed by atoms with Crippen LogP contribution in [0.3, 0.4) is 0 Å². The van der Waals surface area contributed by atoms with E-state index in [1.54, 1.807) is 24.1 Å². The molecular formula is C19H18N4O4S. The van der Waals surface area contributed by atoms with Gasteiger partial charge in [0.25, 0.3) is 5.91 Å². The topological polar surface area (TPSA) is 97.6 Å². The van der Waals surface area contributed by atoms with Gasteiger partial charge in [0.1, 0.15) is 16.8 Å². The third-order valence-electron chi connectivity index (χ3n) is 4.54. The van der Waals surface area contributed by atoms with E-state index >= 15 is 0 Å². The Balaban J connectivity index is 1.44. The highest BCUT2D eigenvalue weighted by Crippen LogP contribution is 2.29. The molecule has 1 aromatic carbocycles. The fourth-order valence-corrected chi connectivity index (χ4v) is 3.89. The Hall–Kier alpha value is -3.20. The summed E-state index contributed by atoms with van der Waals surface area (Å²) in [5, 5.41) is 12.1. The zero-order valence-electron chi connectivity index (χ0n) is 15.1. The summed E-state index contributed by atoms with van der Waals surface area (Å²) in [5.41, 5.74) is 0.884. The highest BCUT2D eigenvalue weighted by atomic mass is 32.1. The second kappa shape index (κ2) is 7.81. The average Bonchev–Trinajstić information content (AvgIpc) is 3.48. The molecule has 2 aromatic heterocycles. The molecule has 1 unspecified atom stereocenters. The molecule has 1 atom stereocenters. The van der Waals surface area contributed by atoms with Crippen LogP contribution in [-0.2, 0) is 4.79 Å². The molecule has 0 radical (unpaired) electrons. The molecule has 1 aliphatic heterocycles. The first-order valence-electron chi connectivity index (χ1n) is 8.79. The summed E-state index contributed by atoms with van der Waals surface area (Å²) in [6.45, 7) is 0.519. The van der Waals surface area contributed by atoms with Gasteiger partial charge in [0.2, 0.25) is 11.0 Å². The van der Waals surface area contributed by atoms with E-state index in [-0.39, 0.29) is 17.6 Å². The van der Waals surface area contributed by atoms with Crippen molar-refractivity contribution in [2.45, 2.75) is 18.9 Å². The lowest BCUT2D eigenvalue weighted by molar-refractivity contribution is -0.119. The SMILES string of the molecule is COc1ccc(-c2nnc(NC(=O)C3CCCN3C(=O)c3ccco3)s2)cc1. The number of nitrogens with one attached hydrogen (secondary N) is 1. The van der Waals surface area contributed by atoms with Crippen LogP contribution >= 0.6 is 11.3 Å². The fourth-order valence-electron chi connectivity index (χ4n) is 3.14. The van der Waals surface area contributed by atoms with Gasteiger partial charge in [-0.2, -0.15) is 0 Å². The van der Waals surface area contributed by atoms with Crippen LogP contribution in [0.5, 0.6) is 5.75 Å². The summed E-state index contributed by atoms with van der Waals surface area (Å²) in [5.74, 6) is 0.440. The predicted molar refractivity (Wildman–Crippen MR) is 103 cm³/mol. The van der Waals surface area contributed by atoms with E-state index in [1.807, 2.05) is 24.3 Å². The lowest BCUT2D eigenvalue weighted by Gasteiger charge is -2.22. The van der Waals surface area contributed by atoms with Crippen molar-refractivity contribution in [3.8, 4) is 16.3 Å². The van der Waals surface area contributed by atoms with Crippen LogP contribution in [0.4, 0.5) is 5.13 Å². The summed E-state index contributed by atoms with van der Waals surface area (Å²) in [4.78, 5) is 26.8. The molecule has 8 nitrogen and oxygen atoms in total. The maximum absolute atomic E-state index is 12.7. The van der Waals surface area contributed by atoms with E-state index in [2.05, 4.69) is 15.5 Å². The molecule has 3 aromatic rings. The van der Waals surface area contributed by atoms with E-state index in [9.17, 15) is 9.59 Å². The number of hydrogen-bond acceptors (Lipinski definition) is 7. The summed E-state index contributed by atoms with van der Waals surface area (Å²) >= 11 is 1.28. The number of likely N-dealkylation sites (tertiary alicyclic amines) is 1. The minimum absolute atomic E-state index is 0.234. The minimum atomic E-state index is -0.550. The van der Waals surface area contributed by atoms with Gasteiger partial charge in [-0.05, 0) is 49.2 Å². The van der Waals surface area contributed by atoms with Crippen molar-refractivity contribution in [1.29, 1.82) is 0 Å². The van der Waals surface area contributed by atoms with Crippen LogP contribution in [-0.4, -0.2) is 46.6 Å². The van der Waals surface area contributed by atoms with Crippen LogP contribution in [0.2, 0.25) is 0 Å². The molecule has 1 saturated heterocycles. The molecule has 144 valence electrons. The molecule has 28 heavy (non-hydrogen) atoms. The Labute approximate surface area is 165 Å².